The number of nitrogens with zero attached hydrogens (tertiary/aromatic N) is 8. The first-order valence-corrected chi connectivity index (χ1v) is 6.26. The Hall–Kier alpha value is -3.04. The molecule has 0 saturated carbocycles. The highest BCUT2D eigenvalue weighted by atomic mass is 16.5. The summed E-state index contributed by atoms with van der Waals surface area (Å²) >= 11 is 0. The van der Waals surface area contributed by atoms with Crippen molar-refractivity contribution in [2.75, 3.05) is 11.9 Å². The van der Waals surface area contributed by atoms with Gasteiger partial charge in [-0.2, -0.15) is 19.9 Å². The summed E-state index contributed by atoms with van der Waals surface area (Å²) in [6.07, 6.45) is 6.48. The third-order valence-corrected chi connectivity index (χ3v) is 2.43. The first-order valence-electron chi connectivity index (χ1n) is 6.26. The summed E-state index contributed by atoms with van der Waals surface area (Å²) in [4.78, 5) is 20.6. The highest BCUT2D eigenvalue weighted by Crippen LogP contribution is 2.15. The predicted molar refractivity (Wildman–Crippen MR) is 72.2 cm³/mol. The van der Waals surface area contributed by atoms with Gasteiger partial charge in [0.15, 0.2) is 0 Å². The lowest BCUT2D eigenvalue weighted by molar-refractivity contribution is 0.403. The van der Waals surface area contributed by atoms with Crippen LogP contribution in [0.15, 0.2) is 25.0 Å². The van der Waals surface area contributed by atoms with E-state index in [2.05, 4.69) is 35.3 Å². The molecule has 3 aromatic rings. The lowest BCUT2D eigenvalue weighted by Gasteiger charge is -2.07. The fourth-order valence-corrected chi connectivity index (χ4v) is 1.57. The van der Waals surface area contributed by atoms with Crippen molar-refractivity contribution in [3.8, 4) is 18.0 Å². The van der Waals surface area contributed by atoms with Crippen molar-refractivity contribution in [3.63, 3.8) is 0 Å². The van der Waals surface area contributed by atoms with Crippen molar-refractivity contribution < 1.29 is 4.74 Å². The van der Waals surface area contributed by atoms with Crippen LogP contribution in [0.4, 0.5) is 5.95 Å². The molecule has 0 spiro atoms. The molecule has 0 amide bonds. The van der Waals surface area contributed by atoms with E-state index in [-0.39, 0.29) is 12.0 Å². The monoisotopic (exact) mass is 287 g/mol. The Morgan fingerprint density at radius 3 is 2.76 bits per heavy atom. The van der Waals surface area contributed by atoms with Crippen LogP contribution in [0.5, 0.6) is 12.0 Å². The maximum atomic E-state index is 5.45. The molecule has 0 aliphatic rings. The van der Waals surface area contributed by atoms with Crippen LogP contribution in [0.1, 0.15) is 6.92 Å². The van der Waals surface area contributed by atoms with Crippen LogP contribution in [0, 0.1) is 0 Å². The summed E-state index contributed by atoms with van der Waals surface area (Å²) in [5.41, 5.74) is 0. The fourth-order valence-electron chi connectivity index (χ4n) is 1.57. The molecule has 3 rings (SSSR count). The van der Waals surface area contributed by atoms with E-state index in [1.165, 1.54) is 11.0 Å². The highest BCUT2D eigenvalue weighted by molar-refractivity contribution is 5.30. The highest BCUT2D eigenvalue weighted by Gasteiger charge is 2.11. The molecule has 3 aromatic heterocycles. The van der Waals surface area contributed by atoms with Crippen molar-refractivity contribution in [1.82, 2.24) is 39.3 Å². The average molecular weight is 287 g/mol. The van der Waals surface area contributed by atoms with E-state index in [0.29, 0.717) is 18.4 Å². The first kappa shape index (κ1) is 13.0. The molecule has 3 heterocycles. The van der Waals surface area contributed by atoms with Crippen molar-refractivity contribution in [1.29, 1.82) is 0 Å². The quantitative estimate of drug-likeness (QED) is 0.718. The molecule has 108 valence electrons. The van der Waals surface area contributed by atoms with Crippen molar-refractivity contribution in [2.45, 2.75) is 6.92 Å². The molecule has 0 atom stereocenters. The van der Waals surface area contributed by atoms with Crippen LogP contribution in [0.25, 0.3) is 5.95 Å². The summed E-state index contributed by atoms with van der Waals surface area (Å²) in [7, 11) is 1.74. The standard InChI is InChI=1S/C11H13N9O/c1-3-13-8-15-9(20-5-4-12-6-20)17-11(16-8)21-10-14-7-19(2)18-10/h4-7H,3H2,1-2H3,(H,13,15,16,17). The van der Waals surface area contributed by atoms with Crippen LogP contribution in [-0.2, 0) is 7.05 Å². The van der Waals surface area contributed by atoms with Crippen LogP contribution in [0.2, 0.25) is 0 Å². The van der Waals surface area contributed by atoms with E-state index in [4.69, 9.17) is 4.74 Å². The van der Waals surface area contributed by atoms with Gasteiger partial charge in [-0.1, -0.05) is 0 Å². The predicted octanol–water partition coefficient (Wildman–Crippen LogP) is 0.410. The van der Waals surface area contributed by atoms with Crippen molar-refractivity contribution in [3.05, 3.63) is 25.0 Å². The average Bonchev–Trinajstić information content (AvgIpc) is 3.11. The number of rotatable bonds is 5. The Bertz CT molecular complexity index is 721. The number of hydrogen-bond donors (Lipinski definition) is 1. The zero-order chi connectivity index (χ0) is 14.7. The Balaban J connectivity index is 1.95. The molecule has 21 heavy (non-hydrogen) atoms. The van der Waals surface area contributed by atoms with E-state index >= 15 is 0 Å². The molecule has 0 radical (unpaired) electrons. The molecule has 10 heteroatoms. The zero-order valence-corrected chi connectivity index (χ0v) is 11.5. The van der Waals surface area contributed by atoms with E-state index in [1.807, 2.05) is 6.92 Å². The van der Waals surface area contributed by atoms with Crippen LogP contribution in [0.3, 0.4) is 0 Å². The molecule has 0 aromatic carbocycles. The normalized spacial score (nSPS) is 10.6. The number of hydrogen-bond acceptors (Lipinski definition) is 8. The second kappa shape index (κ2) is 5.53. The van der Waals surface area contributed by atoms with Gasteiger partial charge in [-0.15, -0.1) is 5.10 Å². The van der Waals surface area contributed by atoms with Crippen LogP contribution in [-0.4, -0.2) is 45.8 Å². The summed E-state index contributed by atoms with van der Waals surface area (Å²) in [6, 6.07) is 0.276. The Morgan fingerprint density at radius 2 is 2.10 bits per heavy atom. The molecule has 0 aliphatic heterocycles. The smallest absolute Gasteiger partial charge is 0.343 e. The number of aromatic nitrogens is 8. The van der Waals surface area contributed by atoms with Gasteiger partial charge in [0.2, 0.25) is 11.9 Å². The molecule has 10 nitrogen and oxygen atoms in total. The van der Waals surface area contributed by atoms with Gasteiger partial charge in [0.1, 0.15) is 12.7 Å². The van der Waals surface area contributed by atoms with Gasteiger partial charge in [0.25, 0.3) is 0 Å². The maximum absolute atomic E-state index is 5.45. The van der Waals surface area contributed by atoms with Gasteiger partial charge >= 0.3 is 12.0 Å². The second-order valence-corrected chi connectivity index (χ2v) is 4.04. The summed E-state index contributed by atoms with van der Waals surface area (Å²) in [5.74, 6) is 0.798. The van der Waals surface area contributed by atoms with Gasteiger partial charge in [0.05, 0.1) is 0 Å². The molecule has 1 N–H and O–H groups in total. The lowest BCUT2D eigenvalue weighted by Crippen LogP contribution is -2.09. The number of aryl methyl sites for hydroxylation is 1. The molecule has 0 aliphatic carbocycles. The molecular weight excluding hydrogens is 274 g/mol. The number of anilines is 1. The summed E-state index contributed by atoms with van der Waals surface area (Å²) in [5, 5.41) is 7.04. The molecule has 0 saturated heterocycles. The second-order valence-electron chi connectivity index (χ2n) is 4.04. The molecular formula is C11H13N9O. The maximum Gasteiger partial charge on any atom is 0.343 e. The largest absolute Gasteiger partial charge is 0.387 e. The summed E-state index contributed by atoms with van der Waals surface area (Å²) < 4.78 is 8.63. The SMILES string of the molecule is CCNc1nc(Oc2ncn(C)n2)nc(-n2ccnc2)n1. The Morgan fingerprint density at radius 1 is 1.19 bits per heavy atom. The van der Waals surface area contributed by atoms with E-state index in [0.717, 1.165) is 0 Å². The minimum Gasteiger partial charge on any atom is -0.387 e. The minimum atomic E-state index is 0.107. The van der Waals surface area contributed by atoms with E-state index < -0.39 is 0 Å². The van der Waals surface area contributed by atoms with Gasteiger partial charge in [-0.05, 0) is 6.92 Å². The van der Waals surface area contributed by atoms with Gasteiger partial charge < -0.3 is 10.1 Å². The fraction of sp³-hybridized carbons (Fsp3) is 0.273. The Kier molecular flexibility index (Phi) is 3.41. The zero-order valence-electron chi connectivity index (χ0n) is 11.5. The van der Waals surface area contributed by atoms with Crippen molar-refractivity contribution in [2.24, 2.45) is 7.05 Å². The van der Waals surface area contributed by atoms with E-state index in [9.17, 15) is 0 Å². The van der Waals surface area contributed by atoms with Crippen LogP contribution < -0.4 is 10.1 Å². The number of nitrogens with one attached hydrogen (secondary N) is 1. The summed E-state index contributed by atoms with van der Waals surface area (Å²) in [6.45, 7) is 2.62. The minimum absolute atomic E-state index is 0.107. The molecule has 0 unspecified atom stereocenters. The third kappa shape index (κ3) is 2.94. The first-order chi connectivity index (χ1) is 10.2. The third-order valence-electron chi connectivity index (χ3n) is 2.43. The topological polar surface area (TPSA) is 108 Å². The van der Waals surface area contributed by atoms with Gasteiger partial charge in [0, 0.05) is 26.0 Å². The van der Waals surface area contributed by atoms with Gasteiger partial charge in [-0.3, -0.25) is 9.25 Å². The number of ether oxygens (including phenoxy) is 1. The molecule has 0 bridgehead atoms. The number of imidazole rings is 1. The van der Waals surface area contributed by atoms with Gasteiger partial charge in [-0.25, -0.2) is 4.98 Å². The Labute approximate surface area is 119 Å². The van der Waals surface area contributed by atoms with E-state index in [1.54, 1.807) is 30.3 Å². The lowest BCUT2D eigenvalue weighted by atomic mass is 10.7. The van der Waals surface area contributed by atoms with Crippen molar-refractivity contribution >= 4 is 5.95 Å². The van der Waals surface area contributed by atoms with Crippen LogP contribution >= 0.6 is 0 Å². The molecule has 0 fully saturated rings.